The van der Waals surface area contributed by atoms with Gasteiger partial charge in [-0.15, -0.1) is 0 Å². The minimum Gasteiger partial charge on any atom is -0.342 e. The van der Waals surface area contributed by atoms with E-state index in [1.807, 2.05) is 0 Å². The van der Waals surface area contributed by atoms with Crippen molar-refractivity contribution in [3.8, 4) is 0 Å². The van der Waals surface area contributed by atoms with Crippen molar-refractivity contribution in [2.45, 2.75) is 58.8 Å². The van der Waals surface area contributed by atoms with Gasteiger partial charge < -0.3 is 4.90 Å². The summed E-state index contributed by atoms with van der Waals surface area (Å²) in [6.07, 6.45) is 7.87. The molecule has 0 aromatic heterocycles. The molecule has 0 N–H and O–H groups in total. The van der Waals surface area contributed by atoms with Crippen molar-refractivity contribution in [1.29, 1.82) is 0 Å². The van der Waals surface area contributed by atoms with Gasteiger partial charge in [0, 0.05) is 24.8 Å². The highest BCUT2D eigenvalue weighted by Gasteiger charge is 2.32. The lowest BCUT2D eigenvalue weighted by atomic mass is 9.80. The fraction of sp³-hybridized carbons (Fsp3) is 0.929. The molecule has 0 aromatic rings. The number of amides is 1. The molecular weight excluding hydrogens is 278 g/mol. The van der Waals surface area contributed by atoms with Crippen molar-refractivity contribution >= 4 is 21.8 Å². The van der Waals surface area contributed by atoms with Gasteiger partial charge in [-0.3, -0.25) is 4.79 Å². The van der Waals surface area contributed by atoms with Gasteiger partial charge in [0.25, 0.3) is 0 Å². The molecule has 0 spiro atoms. The zero-order valence-corrected chi connectivity index (χ0v) is 12.9. The largest absolute Gasteiger partial charge is 0.342 e. The zero-order valence-electron chi connectivity index (χ0n) is 11.3. The van der Waals surface area contributed by atoms with Crippen LogP contribution in [0.25, 0.3) is 0 Å². The van der Waals surface area contributed by atoms with Gasteiger partial charge in [0.15, 0.2) is 0 Å². The molecule has 1 saturated heterocycles. The van der Waals surface area contributed by atoms with E-state index < -0.39 is 0 Å². The first-order valence-electron chi connectivity index (χ1n) is 7.01. The van der Waals surface area contributed by atoms with Crippen LogP contribution in [0.1, 0.15) is 58.8 Å². The maximum Gasteiger partial charge on any atom is 0.222 e. The molecule has 0 unspecified atom stereocenters. The highest BCUT2D eigenvalue weighted by Crippen LogP contribution is 2.34. The molecule has 0 atom stereocenters. The van der Waals surface area contributed by atoms with E-state index in [9.17, 15) is 4.79 Å². The van der Waals surface area contributed by atoms with E-state index in [0.717, 1.165) is 31.3 Å². The smallest absolute Gasteiger partial charge is 0.222 e. The molecular formula is C14H26BrNO. The summed E-state index contributed by atoms with van der Waals surface area (Å²) in [6.45, 7) is 6.41. The number of piperidine rings is 1. The Morgan fingerprint density at radius 2 is 1.88 bits per heavy atom. The van der Waals surface area contributed by atoms with Crippen molar-refractivity contribution < 1.29 is 4.79 Å². The Morgan fingerprint density at radius 3 is 2.35 bits per heavy atom. The van der Waals surface area contributed by atoms with Crippen LogP contribution >= 0.6 is 15.9 Å². The molecule has 0 saturated carbocycles. The molecule has 3 heteroatoms. The van der Waals surface area contributed by atoms with E-state index in [2.05, 4.69) is 34.7 Å². The molecule has 1 rings (SSSR count). The third-order valence-corrected chi connectivity index (χ3v) is 4.98. The molecule has 100 valence electrons. The lowest BCUT2D eigenvalue weighted by Crippen LogP contribution is -2.44. The van der Waals surface area contributed by atoms with Crippen molar-refractivity contribution in [1.82, 2.24) is 4.90 Å². The summed E-state index contributed by atoms with van der Waals surface area (Å²) in [4.78, 5) is 14.0. The number of likely N-dealkylation sites (tertiary alicyclic amines) is 1. The molecule has 1 heterocycles. The van der Waals surface area contributed by atoms with E-state index >= 15 is 0 Å². The van der Waals surface area contributed by atoms with Crippen LogP contribution in [-0.4, -0.2) is 29.2 Å². The second-order valence-electron chi connectivity index (χ2n) is 5.41. The average molecular weight is 304 g/mol. The molecule has 0 radical (unpaired) electrons. The maximum absolute atomic E-state index is 11.9. The second kappa shape index (κ2) is 7.40. The van der Waals surface area contributed by atoms with Crippen molar-refractivity contribution in [3.63, 3.8) is 0 Å². The van der Waals surface area contributed by atoms with Gasteiger partial charge in [0.05, 0.1) is 0 Å². The molecule has 1 amide bonds. The zero-order chi connectivity index (χ0) is 12.7. The predicted molar refractivity (Wildman–Crippen MR) is 76.5 cm³/mol. The molecule has 17 heavy (non-hydrogen) atoms. The number of hydrogen-bond acceptors (Lipinski definition) is 1. The van der Waals surface area contributed by atoms with Gasteiger partial charge >= 0.3 is 0 Å². The molecule has 0 aromatic carbocycles. The number of carbonyl (C=O) groups is 1. The predicted octanol–water partition coefficient (Wildman–Crippen LogP) is 3.98. The van der Waals surface area contributed by atoms with Crippen LogP contribution in [0.3, 0.4) is 0 Å². The van der Waals surface area contributed by atoms with Crippen LogP contribution in [0.15, 0.2) is 0 Å². The quantitative estimate of drug-likeness (QED) is 0.651. The van der Waals surface area contributed by atoms with E-state index in [1.54, 1.807) is 0 Å². The molecule has 1 aliphatic heterocycles. The fourth-order valence-corrected chi connectivity index (χ4v) is 3.69. The molecule has 2 nitrogen and oxygen atoms in total. The first-order valence-corrected chi connectivity index (χ1v) is 8.13. The first-order chi connectivity index (χ1) is 8.17. The number of alkyl halides is 1. The number of hydrogen-bond donors (Lipinski definition) is 0. The average Bonchev–Trinajstić information content (AvgIpc) is 2.33. The summed E-state index contributed by atoms with van der Waals surface area (Å²) in [6, 6.07) is 0. The van der Waals surface area contributed by atoms with Gasteiger partial charge in [-0.2, -0.15) is 0 Å². The van der Waals surface area contributed by atoms with Gasteiger partial charge in [0.2, 0.25) is 5.91 Å². The Kier molecular flexibility index (Phi) is 6.53. The lowest BCUT2D eigenvalue weighted by molar-refractivity contribution is -0.135. The number of halogens is 1. The van der Waals surface area contributed by atoms with Gasteiger partial charge in [-0.1, -0.05) is 42.6 Å². The SMILES string of the molecule is CCCC(CBr)(CCC)CN1CCCCC1=O. The Morgan fingerprint density at radius 1 is 1.24 bits per heavy atom. The third-order valence-electron chi connectivity index (χ3n) is 3.79. The minimum absolute atomic E-state index is 0.302. The Bertz CT molecular complexity index is 236. The van der Waals surface area contributed by atoms with Gasteiger partial charge in [-0.05, 0) is 31.1 Å². The maximum atomic E-state index is 11.9. The van der Waals surface area contributed by atoms with Crippen LogP contribution < -0.4 is 0 Å². The molecule has 0 aliphatic carbocycles. The fourth-order valence-electron chi connectivity index (χ4n) is 2.95. The summed E-state index contributed by atoms with van der Waals surface area (Å²) in [7, 11) is 0. The van der Waals surface area contributed by atoms with Crippen molar-refractivity contribution in [3.05, 3.63) is 0 Å². The molecule has 1 aliphatic rings. The second-order valence-corrected chi connectivity index (χ2v) is 5.97. The van der Waals surface area contributed by atoms with Crippen molar-refractivity contribution in [2.75, 3.05) is 18.4 Å². The van der Waals surface area contributed by atoms with Crippen molar-refractivity contribution in [2.24, 2.45) is 5.41 Å². The number of rotatable bonds is 7. The summed E-state index contributed by atoms with van der Waals surface area (Å²) in [5, 5.41) is 1.02. The standard InChI is InChI=1S/C14H26BrNO/c1-3-8-14(11-15,9-4-2)12-16-10-6-5-7-13(16)17/h3-12H2,1-2H3. The normalized spacial score (nSPS) is 17.6. The van der Waals surface area contributed by atoms with Gasteiger partial charge in [-0.25, -0.2) is 0 Å². The summed E-state index contributed by atoms with van der Waals surface area (Å²) >= 11 is 3.68. The highest BCUT2D eigenvalue weighted by atomic mass is 79.9. The van der Waals surface area contributed by atoms with Gasteiger partial charge in [0.1, 0.15) is 0 Å². The minimum atomic E-state index is 0.302. The van der Waals surface area contributed by atoms with Crippen LogP contribution in [0.4, 0.5) is 0 Å². The van der Waals surface area contributed by atoms with Crippen LogP contribution in [0.2, 0.25) is 0 Å². The highest BCUT2D eigenvalue weighted by molar-refractivity contribution is 9.09. The summed E-state index contributed by atoms with van der Waals surface area (Å²) in [5.41, 5.74) is 0.302. The monoisotopic (exact) mass is 303 g/mol. The lowest BCUT2D eigenvalue weighted by Gasteiger charge is -2.39. The first kappa shape index (κ1) is 15.0. The number of nitrogens with zero attached hydrogens (tertiary/aromatic N) is 1. The third kappa shape index (κ3) is 4.27. The Labute approximate surface area is 114 Å². The van der Waals surface area contributed by atoms with Crippen LogP contribution in [0, 0.1) is 5.41 Å². The van der Waals surface area contributed by atoms with E-state index in [-0.39, 0.29) is 0 Å². The van der Waals surface area contributed by atoms with Crippen LogP contribution in [-0.2, 0) is 4.79 Å². The topological polar surface area (TPSA) is 20.3 Å². The van der Waals surface area contributed by atoms with E-state index in [0.29, 0.717) is 11.3 Å². The molecule has 1 fully saturated rings. The van der Waals surface area contributed by atoms with E-state index in [4.69, 9.17) is 0 Å². The summed E-state index contributed by atoms with van der Waals surface area (Å²) < 4.78 is 0. The Hall–Kier alpha value is -0.0500. The van der Waals surface area contributed by atoms with E-state index in [1.165, 1.54) is 32.1 Å². The summed E-state index contributed by atoms with van der Waals surface area (Å²) in [5.74, 6) is 0.369. The van der Waals surface area contributed by atoms with Crippen LogP contribution in [0.5, 0.6) is 0 Å². The Balaban J connectivity index is 2.65. The number of carbonyl (C=O) groups excluding carboxylic acids is 1. The molecule has 0 bridgehead atoms.